The van der Waals surface area contributed by atoms with Gasteiger partial charge in [0.05, 0.1) is 16.9 Å². The number of rotatable bonds is 2. The zero-order chi connectivity index (χ0) is 15.0. The number of hydrogen-bond donors (Lipinski definition) is 3. The van der Waals surface area contributed by atoms with Crippen molar-refractivity contribution in [2.45, 2.75) is 0 Å². The Morgan fingerprint density at radius 2 is 2.05 bits per heavy atom. The highest BCUT2D eigenvalue weighted by Crippen LogP contribution is 2.23. The Morgan fingerprint density at radius 1 is 1.24 bits per heavy atom. The van der Waals surface area contributed by atoms with Crippen LogP contribution in [0.3, 0.4) is 0 Å². The van der Waals surface area contributed by atoms with Gasteiger partial charge in [0, 0.05) is 10.4 Å². The van der Waals surface area contributed by atoms with Gasteiger partial charge in [0.25, 0.3) is 5.91 Å². The van der Waals surface area contributed by atoms with Crippen LogP contribution in [0.1, 0.15) is 10.5 Å². The van der Waals surface area contributed by atoms with Gasteiger partial charge in [-0.05, 0) is 30.3 Å². The fourth-order valence-electron chi connectivity index (χ4n) is 2.08. The number of para-hydroxylation sites is 1. The van der Waals surface area contributed by atoms with Gasteiger partial charge in [0.1, 0.15) is 11.5 Å². The molecule has 0 aliphatic carbocycles. The van der Waals surface area contributed by atoms with E-state index < -0.39 is 11.7 Å². The van der Waals surface area contributed by atoms with E-state index in [1.54, 1.807) is 18.2 Å². The van der Waals surface area contributed by atoms with Gasteiger partial charge in [-0.3, -0.25) is 4.79 Å². The van der Waals surface area contributed by atoms with Crippen LogP contribution in [-0.2, 0) is 0 Å². The summed E-state index contributed by atoms with van der Waals surface area (Å²) in [5.41, 5.74) is 7.36. The van der Waals surface area contributed by atoms with Crippen LogP contribution in [0.5, 0.6) is 0 Å². The molecule has 3 aromatic rings. The summed E-state index contributed by atoms with van der Waals surface area (Å²) in [6, 6.07) is 11.0. The maximum absolute atomic E-state index is 13.6. The first kappa shape index (κ1) is 13.5. The summed E-state index contributed by atoms with van der Waals surface area (Å²) >= 11 is 5.79. The molecular formula is C15H11ClFN3O. The quantitative estimate of drug-likeness (QED) is 0.630. The smallest absolute Gasteiger partial charge is 0.272 e. The van der Waals surface area contributed by atoms with Crippen molar-refractivity contribution < 1.29 is 9.18 Å². The summed E-state index contributed by atoms with van der Waals surface area (Å²) in [6.07, 6.45) is 0. The molecule has 21 heavy (non-hydrogen) atoms. The molecule has 4 nitrogen and oxygen atoms in total. The maximum atomic E-state index is 13.6. The lowest BCUT2D eigenvalue weighted by atomic mass is 10.2. The Labute approximate surface area is 124 Å². The standard InChI is InChI=1S/C15H11ClFN3O/c16-9-4-5-10(17)12(7-9)20-15(21)13-6-8-2-1-3-11(18)14(8)19-13/h1-7,19H,18H2,(H,20,21). The van der Waals surface area contributed by atoms with Gasteiger partial charge in [0.2, 0.25) is 0 Å². The lowest BCUT2D eigenvalue weighted by Crippen LogP contribution is -2.13. The van der Waals surface area contributed by atoms with E-state index in [1.807, 2.05) is 6.07 Å². The molecule has 0 radical (unpaired) electrons. The first-order valence-corrected chi connectivity index (χ1v) is 6.56. The van der Waals surface area contributed by atoms with Crippen LogP contribution in [0.4, 0.5) is 15.8 Å². The monoisotopic (exact) mass is 303 g/mol. The third kappa shape index (κ3) is 2.55. The summed E-state index contributed by atoms with van der Waals surface area (Å²) in [4.78, 5) is 15.1. The zero-order valence-electron chi connectivity index (χ0n) is 10.8. The molecule has 0 atom stereocenters. The molecule has 0 saturated carbocycles. The molecule has 106 valence electrons. The Hall–Kier alpha value is -2.53. The third-order valence-corrected chi connectivity index (χ3v) is 3.34. The molecule has 6 heteroatoms. The summed E-state index contributed by atoms with van der Waals surface area (Å²) in [5.74, 6) is -1.02. The summed E-state index contributed by atoms with van der Waals surface area (Å²) in [6.45, 7) is 0. The number of nitrogen functional groups attached to an aromatic ring is 1. The predicted octanol–water partition coefficient (Wildman–Crippen LogP) is 3.79. The molecule has 1 heterocycles. The molecule has 1 amide bonds. The first-order chi connectivity index (χ1) is 10.0. The summed E-state index contributed by atoms with van der Waals surface area (Å²) in [5, 5.41) is 3.63. The number of aromatic amines is 1. The van der Waals surface area contributed by atoms with E-state index in [2.05, 4.69) is 10.3 Å². The van der Waals surface area contributed by atoms with Crippen molar-refractivity contribution in [1.29, 1.82) is 0 Å². The summed E-state index contributed by atoms with van der Waals surface area (Å²) < 4.78 is 13.6. The van der Waals surface area contributed by atoms with Gasteiger partial charge >= 0.3 is 0 Å². The Bertz CT molecular complexity index is 844. The second-order valence-electron chi connectivity index (χ2n) is 4.57. The first-order valence-electron chi connectivity index (χ1n) is 6.18. The fraction of sp³-hybridized carbons (Fsp3) is 0. The van der Waals surface area contributed by atoms with Gasteiger partial charge in [-0.15, -0.1) is 0 Å². The van der Waals surface area contributed by atoms with E-state index >= 15 is 0 Å². The molecule has 0 fully saturated rings. The zero-order valence-corrected chi connectivity index (χ0v) is 11.5. The van der Waals surface area contributed by atoms with Crippen LogP contribution >= 0.6 is 11.6 Å². The Kier molecular flexibility index (Phi) is 3.27. The second-order valence-corrected chi connectivity index (χ2v) is 5.01. The van der Waals surface area contributed by atoms with Crippen LogP contribution in [0.2, 0.25) is 5.02 Å². The molecule has 0 unspecified atom stereocenters. The number of amides is 1. The molecule has 1 aromatic heterocycles. The molecule has 0 bridgehead atoms. The fourth-order valence-corrected chi connectivity index (χ4v) is 2.26. The molecule has 0 spiro atoms. The minimum atomic E-state index is -0.552. The van der Waals surface area contributed by atoms with Crippen molar-refractivity contribution in [2.75, 3.05) is 11.1 Å². The van der Waals surface area contributed by atoms with E-state index in [0.29, 0.717) is 21.9 Å². The highest BCUT2D eigenvalue weighted by molar-refractivity contribution is 6.31. The van der Waals surface area contributed by atoms with Crippen LogP contribution in [-0.4, -0.2) is 10.9 Å². The van der Waals surface area contributed by atoms with Crippen LogP contribution in [0.15, 0.2) is 42.5 Å². The average molecular weight is 304 g/mol. The van der Waals surface area contributed by atoms with Crippen molar-refractivity contribution in [1.82, 2.24) is 4.98 Å². The number of carbonyl (C=O) groups excluding carboxylic acids is 1. The van der Waals surface area contributed by atoms with Gasteiger partial charge in [-0.1, -0.05) is 23.7 Å². The number of nitrogens with one attached hydrogen (secondary N) is 2. The van der Waals surface area contributed by atoms with Gasteiger partial charge in [-0.2, -0.15) is 0 Å². The number of H-pyrrole nitrogens is 1. The molecule has 3 rings (SSSR count). The highest BCUT2D eigenvalue weighted by atomic mass is 35.5. The van der Waals surface area contributed by atoms with Crippen molar-refractivity contribution in [3.05, 3.63) is 59.0 Å². The molecule has 0 aliphatic rings. The van der Waals surface area contributed by atoms with Crippen LogP contribution < -0.4 is 11.1 Å². The highest BCUT2D eigenvalue weighted by Gasteiger charge is 2.13. The number of halogens is 2. The maximum Gasteiger partial charge on any atom is 0.272 e. The number of anilines is 2. The Morgan fingerprint density at radius 3 is 2.81 bits per heavy atom. The van der Waals surface area contributed by atoms with Gasteiger partial charge < -0.3 is 16.0 Å². The minimum Gasteiger partial charge on any atom is -0.397 e. The van der Waals surface area contributed by atoms with E-state index in [1.165, 1.54) is 18.2 Å². The number of fused-ring (bicyclic) bond motifs is 1. The summed E-state index contributed by atoms with van der Waals surface area (Å²) in [7, 11) is 0. The Balaban J connectivity index is 1.93. The molecule has 2 aromatic carbocycles. The van der Waals surface area contributed by atoms with Gasteiger partial charge in [-0.25, -0.2) is 4.39 Å². The predicted molar refractivity (Wildman–Crippen MR) is 82.1 cm³/mol. The molecule has 0 saturated heterocycles. The normalized spacial score (nSPS) is 10.8. The second kappa shape index (κ2) is 5.10. The third-order valence-electron chi connectivity index (χ3n) is 3.11. The van der Waals surface area contributed by atoms with Crippen molar-refractivity contribution in [3.8, 4) is 0 Å². The number of hydrogen-bond acceptors (Lipinski definition) is 2. The van der Waals surface area contributed by atoms with Crippen LogP contribution in [0.25, 0.3) is 10.9 Å². The molecule has 0 aliphatic heterocycles. The van der Waals surface area contributed by atoms with E-state index in [-0.39, 0.29) is 5.69 Å². The largest absolute Gasteiger partial charge is 0.397 e. The number of carbonyl (C=O) groups is 1. The van der Waals surface area contributed by atoms with Crippen molar-refractivity contribution in [3.63, 3.8) is 0 Å². The number of benzene rings is 2. The van der Waals surface area contributed by atoms with E-state index in [4.69, 9.17) is 17.3 Å². The lowest BCUT2D eigenvalue weighted by Gasteiger charge is -2.05. The van der Waals surface area contributed by atoms with Crippen molar-refractivity contribution in [2.24, 2.45) is 0 Å². The lowest BCUT2D eigenvalue weighted by molar-refractivity contribution is 0.102. The van der Waals surface area contributed by atoms with Gasteiger partial charge in [0.15, 0.2) is 0 Å². The van der Waals surface area contributed by atoms with Crippen molar-refractivity contribution >= 4 is 39.8 Å². The topological polar surface area (TPSA) is 70.9 Å². The SMILES string of the molecule is Nc1cccc2cc(C(=O)Nc3cc(Cl)ccc3F)[nH]c12. The molecule has 4 N–H and O–H groups in total. The molecular weight excluding hydrogens is 293 g/mol. The van der Waals surface area contributed by atoms with E-state index in [9.17, 15) is 9.18 Å². The minimum absolute atomic E-state index is 0.0270. The van der Waals surface area contributed by atoms with Crippen LogP contribution in [0, 0.1) is 5.82 Å². The van der Waals surface area contributed by atoms with E-state index in [0.717, 1.165) is 5.39 Å². The average Bonchev–Trinajstić information content (AvgIpc) is 2.88. The number of nitrogens with two attached hydrogens (primary N) is 1. The number of aromatic nitrogens is 1.